The molecule has 4 rings (SSSR count). The molecule has 1 aliphatic heterocycles. The molecule has 0 bridgehead atoms. The summed E-state index contributed by atoms with van der Waals surface area (Å²) in [6, 6.07) is 5.88. The van der Waals surface area contributed by atoms with Gasteiger partial charge in [0.05, 0.1) is 6.10 Å². The molecule has 5 nitrogen and oxygen atoms in total. The van der Waals surface area contributed by atoms with E-state index in [1.807, 2.05) is 31.5 Å². The second-order valence-electron chi connectivity index (χ2n) is 6.93. The average Bonchev–Trinajstić information content (AvgIpc) is 3.26. The third kappa shape index (κ3) is 3.35. The van der Waals surface area contributed by atoms with Crippen LogP contribution in [0.15, 0.2) is 30.5 Å². The molecule has 0 spiro atoms. The van der Waals surface area contributed by atoms with E-state index < -0.39 is 0 Å². The zero-order valence-corrected chi connectivity index (χ0v) is 16.1. The Morgan fingerprint density at radius 3 is 2.89 bits per heavy atom. The molecule has 5 heteroatoms. The fourth-order valence-electron chi connectivity index (χ4n) is 3.97. The van der Waals surface area contributed by atoms with E-state index in [0.29, 0.717) is 6.10 Å². The van der Waals surface area contributed by atoms with Gasteiger partial charge in [0.2, 0.25) is 6.79 Å². The number of methoxy groups -OCH3 is 1. The summed E-state index contributed by atoms with van der Waals surface area (Å²) in [5.41, 5.74) is 6.29. The standard InChI is InChI=1S/C22H26N2O3/c1-4-5-19-17(18-13-16(25-3)7-8-20(18)24(19)2)10-11-23-15-6-9-21-22(12-15)27-14-26-21/h4-6,9-12,16,23H,7-8,13-14H2,1-3H3/b5-4-,11-10+. The highest BCUT2D eigenvalue weighted by atomic mass is 16.7. The summed E-state index contributed by atoms with van der Waals surface area (Å²) in [4.78, 5) is 0. The van der Waals surface area contributed by atoms with Gasteiger partial charge >= 0.3 is 0 Å². The fraction of sp³-hybridized carbons (Fsp3) is 0.364. The van der Waals surface area contributed by atoms with Gasteiger partial charge in [0, 0.05) is 55.5 Å². The molecule has 0 amide bonds. The molecule has 1 N–H and O–H groups in total. The number of aromatic nitrogens is 1. The highest BCUT2D eigenvalue weighted by Crippen LogP contribution is 2.35. The van der Waals surface area contributed by atoms with E-state index in [4.69, 9.17) is 14.2 Å². The number of hydrogen-bond acceptors (Lipinski definition) is 4. The summed E-state index contributed by atoms with van der Waals surface area (Å²) in [5, 5.41) is 3.35. The van der Waals surface area contributed by atoms with Crippen molar-refractivity contribution in [3.8, 4) is 11.5 Å². The summed E-state index contributed by atoms with van der Waals surface area (Å²) in [6.45, 7) is 2.35. The van der Waals surface area contributed by atoms with Gasteiger partial charge in [0.15, 0.2) is 11.5 Å². The molecule has 0 saturated heterocycles. The fourth-order valence-corrected chi connectivity index (χ4v) is 3.97. The maximum absolute atomic E-state index is 5.64. The Bertz CT molecular complexity index is 895. The molecule has 1 aliphatic carbocycles. The van der Waals surface area contributed by atoms with E-state index in [0.717, 1.165) is 36.4 Å². The van der Waals surface area contributed by atoms with Gasteiger partial charge in [-0.1, -0.05) is 6.08 Å². The maximum Gasteiger partial charge on any atom is 0.231 e. The number of rotatable bonds is 5. The molecule has 1 aromatic carbocycles. The van der Waals surface area contributed by atoms with Crippen molar-refractivity contribution in [1.82, 2.24) is 4.57 Å². The lowest BCUT2D eigenvalue weighted by Gasteiger charge is -2.22. The summed E-state index contributed by atoms with van der Waals surface area (Å²) in [5.74, 6) is 1.57. The Morgan fingerprint density at radius 1 is 1.22 bits per heavy atom. The quantitative estimate of drug-likeness (QED) is 0.853. The number of allylic oxidation sites excluding steroid dienone is 1. The Labute approximate surface area is 160 Å². The van der Waals surface area contributed by atoms with E-state index >= 15 is 0 Å². The summed E-state index contributed by atoms with van der Waals surface area (Å²) in [7, 11) is 3.96. The number of fused-ring (bicyclic) bond motifs is 2. The number of nitrogens with zero attached hydrogens (tertiary/aromatic N) is 1. The van der Waals surface area contributed by atoms with E-state index in [1.165, 1.54) is 22.5 Å². The van der Waals surface area contributed by atoms with Crippen molar-refractivity contribution in [2.45, 2.75) is 32.3 Å². The molecule has 1 aromatic heterocycles. The normalized spacial score (nSPS) is 18.4. The van der Waals surface area contributed by atoms with Gasteiger partial charge in [-0.15, -0.1) is 0 Å². The van der Waals surface area contributed by atoms with Crippen molar-refractivity contribution in [3.63, 3.8) is 0 Å². The number of ether oxygens (including phenoxy) is 3. The molecule has 0 radical (unpaired) electrons. The number of anilines is 1. The third-order valence-electron chi connectivity index (χ3n) is 5.38. The SMILES string of the molecule is C/C=C\c1c(/C=C/Nc2ccc3c(c2)OCO3)c2c(n1C)CCC(OC)C2. The lowest BCUT2D eigenvalue weighted by atomic mass is 9.92. The van der Waals surface area contributed by atoms with Crippen molar-refractivity contribution in [1.29, 1.82) is 0 Å². The average molecular weight is 366 g/mol. The topological polar surface area (TPSA) is 44.7 Å². The van der Waals surface area contributed by atoms with Gasteiger partial charge in [-0.05, 0) is 49.6 Å². The van der Waals surface area contributed by atoms with Crippen LogP contribution in [0.3, 0.4) is 0 Å². The molecule has 2 aliphatic rings. The number of benzene rings is 1. The van der Waals surface area contributed by atoms with E-state index in [1.54, 1.807) is 0 Å². The lowest BCUT2D eigenvalue weighted by molar-refractivity contribution is 0.0904. The Hall–Kier alpha value is -2.66. The molecule has 0 saturated carbocycles. The second-order valence-corrected chi connectivity index (χ2v) is 6.93. The maximum atomic E-state index is 5.64. The minimum Gasteiger partial charge on any atom is -0.454 e. The minimum absolute atomic E-state index is 0.290. The van der Waals surface area contributed by atoms with Crippen LogP contribution in [0.4, 0.5) is 5.69 Å². The minimum atomic E-state index is 0.290. The molecule has 1 atom stereocenters. The largest absolute Gasteiger partial charge is 0.454 e. The monoisotopic (exact) mass is 366 g/mol. The van der Waals surface area contributed by atoms with Crippen molar-refractivity contribution < 1.29 is 14.2 Å². The first kappa shape index (κ1) is 17.7. The second kappa shape index (κ2) is 7.53. The Morgan fingerprint density at radius 2 is 2.07 bits per heavy atom. The number of nitrogens with one attached hydrogen (secondary N) is 1. The molecule has 142 valence electrons. The van der Waals surface area contributed by atoms with Crippen LogP contribution in [0, 0.1) is 0 Å². The van der Waals surface area contributed by atoms with Gasteiger partial charge in [-0.3, -0.25) is 0 Å². The molecule has 0 fully saturated rings. The lowest BCUT2D eigenvalue weighted by Crippen LogP contribution is -2.21. The van der Waals surface area contributed by atoms with Crippen LogP contribution in [-0.2, 0) is 24.6 Å². The van der Waals surface area contributed by atoms with Gasteiger partial charge in [-0.25, -0.2) is 0 Å². The zero-order chi connectivity index (χ0) is 18.8. The highest BCUT2D eigenvalue weighted by molar-refractivity contribution is 5.70. The summed E-state index contributed by atoms with van der Waals surface area (Å²) in [6.07, 6.45) is 11.8. The van der Waals surface area contributed by atoms with Crippen molar-refractivity contribution in [2.75, 3.05) is 19.2 Å². The smallest absolute Gasteiger partial charge is 0.231 e. The van der Waals surface area contributed by atoms with Crippen LogP contribution >= 0.6 is 0 Å². The molecule has 27 heavy (non-hydrogen) atoms. The Kier molecular flexibility index (Phi) is 4.94. The van der Waals surface area contributed by atoms with Crippen molar-refractivity contribution >= 4 is 17.8 Å². The van der Waals surface area contributed by atoms with Crippen LogP contribution < -0.4 is 14.8 Å². The predicted octanol–water partition coefficient (Wildman–Crippen LogP) is 4.37. The summed E-state index contributed by atoms with van der Waals surface area (Å²) >= 11 is 0. The molecule has 2 heterocycles. The van der Waals surface area contributed by atoms with E-state index in [9.17, 15) is 0 Å². The van der Waals surface area contributed by atoms with Crippen LogP contribution in [0.25, 0.3) is 12.2 Å². The van der Waals surface area contributed by atoms with Gasteiger partial charge in [0.1, 0.15) is 0 Å². The molecule has 1 unspecified atom stereocenters. The van der Waals surface area contributed by atoms with Crippen LogP contribution in [-0.4, -0.2) is 24.6 Å². The summed E-state index contributed by atoms with van der Waals surface area (Å²) < 4.78 is 18.8. The first-order valence-corrected chi connectivity index (χ1v) is 9.40. The van der Waals surface area contributed by atoms with Crippen molar-refractivity contribution in [2.24, 2.45) is 7.05 Å². The van der Waals surface area contributed by atoms with E-state index in [-0.39, 0.29) is 6.79 Å². The zero-order valence-electron chi connectivity index (χ0n) is 16.1. The van der Waals surface area contributed by atoms with Crippen LogP contribution in [0.2, 0.25) is 0 Å². The predicted molar refractivity (Wildman–Crippen MR) is 108 cm³/mol. The highest BCUT2D eigenvalue weighted by Gasteiger charge is 2.25. The van der Waals surface area contributed by atoms with Gasteiger partial charge in [0.25, 0.3) is 0 Å². The first-order chi connectivity index (χ1) is 13.2. The van der Waals surface area contributed by atoms with Crippen LogP contribution in [0.1, 0.15) is 35.9 Å². The Balaban J connectivity index is 1.61. The van der Waals surface area contributed by atoms with Gasteiger partial charge in [-0.2, -0.15) is 0 Å². The van der Waals surface area contributed by atoms with Gasteiger partial charge < -0.3 is 24.1 Å². The number of hydrogen-bond donors (Lipinski definition) is 1. The third-order valence-corrected chi connectivity index (χ3v) is 5.38. The first-order valence-electron chi connectivity index (χ1n) is 9.40. The molecule has 2 aromatic rings. The molecular formula is C22H26N2O3. The van der Waals surface area contributed by atoms with Crippen LogP contribution in [0.5, 0.6) is 11.5 Å². The van der Waals surface area contributed by atoms with Crippen molar-refractivity contribution in [3.05, 3.63) is 53.0 Å². The molecular weight excluding hydrogens is 340 g/mol. The van der Waals surface area contributed by atoms with E-state index in [2.05, 4.69) is 42.1 Å².